The summed E-state index contributed by atoms with van der Waals surface area (Å²) >= 11 is 1.72. The van der Waals surface area contributed by atoms with E-state index in [0.29, 0.717) is 34.7 Å². The zero-order valence-corrected chi connectivity index (χ0v) is 11.7. The van der Waals surface area contributed by atoms with Crippen LogP contribution in [0.5, 0.6) is 11.5 Å². The molecule has 1 heterocycles. The van der Waals surface area contributed by atoms with Crippen LogP contribution in [0.2, 0.25) is 0 Å². The van der Waals surface area contributed by atoms with Crippen molar-refractivity contribution < 1.29 is 9.47 Å². The van der Waals surface area contributed by atoms with Gasteiger partial charge in [0.15, 0.2) is 5.75 Å². The van der Waals surface area contributed by atoms with E-state index in [9.17, 15) is 0 Å². The number of nitrogens with zero attached hydrogens (tertiary/aromatic N) is 1. The molecule has 0 saturated heterocycles. The van der Waals surface area contributed by atoms with Crippen LogP contribution in [0.3, 0.4) is 0 Å². The molecule has 18 heavy (non-hydrogen) atoms. The maximum atomic E-state index is 6.03. The molecule has 0 radical (unpaired) electrons. The molecule has 0 aliphatic carbocycles. The second kappa shape index (κ2) is 5.16. The van der Waals surface area contributed by atoms with Crippen LogP contribution >= 0.6 is 11.8 Å². The highest BCUT2D eigenvalue weighted by atomic mass is 32.2. The first-order valence-electron chi connectivity index (χ1n) is 5.73. The Morgan fingerprint density at radius 2 is 2.22 bits per heavy atom. The summed E-state index contributed by atoms with van der Waals surface area (Å²) in [7, 11) is 5.66. The quantitative estimate of drug-likeness (QED) is 0.805. The van der Waals surface area contributed by atoms with E-state index in [1.807, 2.05) is 14.1 Å². The van der Waals surface area contributed by atoms with Gasteiger partial charge in [-0.05, 0) is 14.1 Å². The maximum absolute atomic E-state index is 6.03. The fourth-order valence-corrected chi connectivity index (χ4v) is 3.27. The van der Waals surface area contributed by atoms with Crippen molar-refractivity contribution >= 4 is 23.1 Å². The number of thioether (sulfide) groups is 1. The Morgan fingerprint density at radius 3 is 2.83 bits per heavy atom. The number of anilines is 2. The van der Waals surface area contributed by atoms with Crippen LogP contribution < -0.4 is 20.9 Å². The minimum absolute atomic E-state index is 0.364. The number of hydrogen-bond acceptors (Lipinski definition) is 6. The van der Waals surface area contributed by atoms with Crippen LogP contribution in [0, 0.1) is 0 Å². The molecule has 100 valence electrons. The summed E-state index contributed by atoms with van der Waals surface area (Å²) in [5.74, 6) is 1.23. The number of nitrogens with two attached hydrogens (primary N) is 2. The molecular weight excluding hydrogens is 250 g/mol. The van der Waals surface area contributed by atoms with E-state index in [4.69, 9.17) is 20.9 Å². The van der Waals surface area contributed by atoms with Crippen molar-refractivity contribution in [3.63, 3.8) is 0 Å². The Morgan fingerprint density at radius 1 is 1.50 bits per heavy atom. The minimum Gasteiger partial charge on any atom is -0.494 e. The largest absolute Gasteiger partial charge is 0.494 e. The molecule has 0 amide bonds. The molecule has 1 atom stereocenters. The van der Waals surface area contributed by atoms with Crippen LogP contribution in [-0.2, 0) is 0 Å². The average molecular weight is 269 g/mol. The molecule has 0 saturated carbocycles. The molecule has 0 aromatic heterocycles. The monoisotopic (exact) mass is 269 g/mol. The van der Waals surface area contributed by atoms with Gasteiger partial charge >= 0.3 is 0 Å². The average Bonchev–Trinajstić information content (AvgIpc) is 2.33. The number of rotatable bonds is 3. The Hall–Kier alpha value is -1.27. The lowest BCUT2D eigenvalue weighted by molar-refractivity contribution is 0.276. The summed E-state index contributed by atoms with van der Waals surface area (Å²) in [6, 6.07) is 1.75. The van der Waals surface area contributed by atoms with E-state index in [0.717, 1.165) is 11.4 Å². The van der Waals surface area contributed by atoms with Gasteiger partial charge in [0, 0.05) is 12.6 Å². The van der Waals surface area contributed by atoms with Crippen LogP contribution in [0.1, 0.15) is 0 Å². The number of hydrogen-bond donors (Lipinski definition) is 2. The van der Waals surface area contributed by atoms with E-state index in [-0.39, 0.29) is 0 Å². The lowest BCUT2D eigenvalue weighted by atomic mass is 10.2. The van der Waals surface area contributed by atoms with Gasteiger partial charge in [0.1, 0.15) is 18.0 Å². The molecular formula is C12H19N3O2S. The van der Waals surface area contributed by atoms with Gasteiger partial charge in [0.2, 0.25) is 0 Å². The molecule has 1 aliphatic heterocycles. The number of ether oxygens (including phenoxy) is 2. The van der Waals surface area contributed by atoms with Gasteiger partial charge in [0.05, 0.1) is 22.9 Å². The zero-order valence-electron chi connectivity index (χ0n) is 10.9. The third-order valence-corrected chi connectivity index (χ3v) is 4.03. The van der Waals surface area contributed by atoms with Crippen LogP contribution in [0.25, 0.3) is 0 Å². The van der Waals surface area contributed by atoms with Crippen LogP contribution in [0.4, 0.5) is 11.4 Å². The number of methoxy groups -OCH3 is 1. The van der Waals surface area contributed by atoms with Crippen LogP contribution in [0.15, 0.2) is 11.0 Å². The fourth-order valence-electron chi connectivity index (χ4n) is 1.96. The topological polar surface area (TPSA) is 73.7 Å². The molecule has 1 aromatic rings. The van der Waals surface area contributed by atoms with Crippen molar-refractivity contribution in [2.24, 2.45) is 0 Å². The first-order valence-corrected chi connectivity index (χ1v) is 6.61. The predicted octanol–water partition coefficient (Wildman–Crippen LogP) is 1.27. The Kier molecular flexibility index (Phi) is 3.77. The Bertz CT molecular complexity index is 451. The molecule has 1 aromatic carbocycles. The van der Waals surface area contributed by atoms with Crippen molar-refractivity contribution in [1.29, 1.82) is 0 Å². The van der Waals surface area contributed by atoms with Gasteiger partial charge in [-0.1, -0.05) is 0 Å². The lowest BCUT2D eigenvalue weighted by Gasteiger charge is -2.29. The standard InChI is InChI=1S/C12H19N3O2S/c1-15(2)5-7-6-17-11-10(14)9(16-3)4-8(13)12(11)18-7/h4,7H,5-6,13-14H2,1-3H3. The second-order valence-electron chi connectivity index (χ2n) is 4.55. The zero-order chi connectivity index (χ0) is 13.3. The summed E-state index contributed by atoms with van der Waals surface area (Å²) in [4.78, 5) is 3.06. The second-order valence-corrected chi connectivity index (χ2v) is 5.86. The lowest BCUT2D eigenvalue weighted by Crippen LogP contribution is -2.31. The fraction of sp³-hybridized carbons (Fsp3) is 0.500. The SMILES string of the molecule is COc1cc(N)c2c(c1N)OCC(CN(C)C)S2. The van der Waals surface area contributed by atoms with Gasteiger partial charge in [-0.2, -0.15) is 0 Å². The molecule has 0 fully saturated rings. The first-order chi connectivity index (χ1) is 8.52. The molecule has 5 nitrogen and oxygen atoms in total. The third-order valence-electron chi connectivity index (χ3n) is 2.75. The Balaban J connectivity index is 2.30. The van der Waals surface area contributed by atoms with Gasteiger partial charge in [-0.25, -0.2) is 0 Å². The highest BCUT2D eigenvalue weighted by Gasteiger charge is 2.26. The normalized spacial score (nSPS) is 18.3. The van der Waals surface area contributed by atoms with Gasteiger partial charge in [0.25, 0.3) is 0 Å². The molecule has 1 unspecified atom stereocenters. The summed E-state index contributed by atoms with van der Waals surface area (Å²) in [5, 5.41) is 0.364. The predicted molar refractivity (Wildman–Crippen MR) is 75.5 cm³/mol. The van der Waals surface area contributed by atoms with Crippen LogP contribution in [-0.4, -0.2) is 44.5 Å². The third kappa shape index (κ3) is 2.44. The first kappa shape index (κ1) is 13.2. The highest BCUT2D eigenvalue weighted by Crippen LogP contribution is 2.48. The number of fused-ring (bicyclic) bond motifs is 1. The molecule has 2 rings (SSSR count). The van der Waals surface area contributed by atoms with Gasteiger partial charge < -0.3 is 25.8 Å². The van der Waals surface area contributed by atoms with E-state index < -0.39 is 0 Å². The summed E-state index contributed by atoms with van der Waals surface area (Å²) < 4.78 is 10.9. The van der Waals surface area contributed by atoms with Crippen molar-refractivity contribution in [3.05, 3.63) is 6.07 Å². The minimum atomic E-state index is 0.364. The van der Waals surface area contributed by atoms with E-state index in [1.54, 1.807) is 24.9 Å². The smallest absolute Gasteiger partial charge is 0.161 e. The molecule has 6 heteroatoms. The highest BCUT2D eigenvalue weighted by molar-refractivity contribution is 8.00. The summed E-state index contributed by atoms with van der Waals surface area (Å²) in [5.41, 5.74) is 13.2. The maximum Gasteiger partial charge on any atom is 0.161 e. The molecule has 1 aliphatic rings. The summed E-state index contributed by atoms with van der Waals surface area (Å²) in [6.07, 6.45) is 0. The van der Waals surface area contributed by atoms with Crippen molar-refractivity contribution in [1.82, 2.24) is 4.90 Å². The van der Waals surface area contributed by atoms with Crippen molar-refractivity contribution in [2.45, 2.75) is 10.1 Å². The molecule has 4 N–H and O–H groups in total. The summed E-state index contributed by atoms with van der Waals surface area (Å²) in [6.45, 7) is 1.57. The van der Waals surface area contributed by atoms with E-state index in [2.05, 4.69) is 4.90 Å². The van der Waals surface area contributed by atoms with Gasteiger partial charge in [-0.3, -0.25) is 0 Å². The van der Waals surface area contributed by atoms with Crippen molar-refractivity contribution in [3.8, 4) is 11.5 Å². The van der Waals surface area contributed by atoms with Crippen molar-refractivity contribution in [2.75, 3.05) is 45.8 Å². The molecule has 0 spiro atoms. The van der Waals surface area contributed by atoms with Gasteiger partial charge in [-0.15, -0.1) is 11.8 Å². The number of benzene rings is 1. The Labute approximate surface area is 111 Å². The molecule has 0 bridgehead atoms. The number of nitrogen functional groups attached to an aromatic ring is 2. The van der Waals surface area contributed by atoms with E-state index in [1.165, 1.54) is 0 Å². The van der Waals surface area contributed by atoms with E-state index >= 15 is 0 Å².